The molecule has 108 valence electrons. The molecule has 0 saturated carbocycles. The molecule has 1 atom stereocenters. The Morgan fingerprint density at radius 1 is 1.26 bits per heavy atom. The Hall–Kier alpha value is -1.06. The molecule has 3 heteroatoms. The van der Waals surface area contributed by atoms with Crippen LogP contribution in [0.25, 0.3) is 0 Å². The predicted octanol–water partition coefficient (Wildman–Crippen LogP) is 2.86. The van der Waals surface area contributed by atoms with Crippen molar-refractivity contribution >= 4 is 0 Å². The Morgan fingerprint density at radius 3 is 2.42 bits per heavy atom. The van der Waals surface area contributed by atoms with Crippen LogP contribution in [0, 0.1) is 0 Å². The van der Waals surface area contributed by atoms with Crippen LogP contribution in [0.5, 0.6) is 5.75 Å². The first kappa shape index (κ1) is 16.0. The number of nitrogens with one attached hydrogen (secondary N) is 1. The van der Waals surface area contributed by atoms with Crippen LogP contribution in [0.1, 0.15) is 37.9 Å². The van der Waals surface area contributed by atoms with Crippen molar-refractivity contribution in [3.63, 3.8) is 0 Å². The molecule has 0 radical (unpaired) electrons. The van der Waals surface area contributed by atoms with Crippen LogP contribution >= 0.6 is 0 Å². The molecular formula is C16H28N2O. The Morgan fingerprint density at radius 2 is 1.95 bits per heavy atom. The van der Waals surface area contributed by atoms with Crippen molar-refractivity contribution in [2.45, 2.75) is 39.3 Å². The lowest BCUT2D eigenvalue weighted by Gasteiger charge is -2.27. The zero-order valence-electron chi connectivity index (χ0n) is 13.2. The first-order valence-corrected chi connectivity index (χ1v) is 7.06. The highest BCUT2D eigenvalue weighted by molar-refractivity contribution is 5.38. The lowest BCUT2D eigenvalue weighted by molar-refractivity contribution is 0.283. The van der Waals surface area contributed by atoms with Gasteiger partial charge in [-0.05, 0) is 37.7 Å². The van der Waals surface area contributed by atoms with Crippen molar-refractivity contribution in [3.8, 4) is 5.75 Å². The van der Waals surface area contributed by atoms with Crippen LogP contribution in [0.4, 0.5) is 0 Å². The third-order valence-corrected chi connectivity index (χ3v) is 3.41. The van der Waals surface area contributed by atoms with E-state index in [2.05, 4.69) is 63.3 Å². The molecule has 0 saturated heterocycles. The first-order valence-electron chi connectivity index (χ1n) is 7.06. The average Bonchev–Trinajstić information content (AvgIpc) is 2.37. The minimum atomic E-state index is 0.388. The maximum absolute atomic E-state index is 5.40. The van der Waals surface area contributed by atoms with E-state index >= 15 is 0 Å². The predicted molar refractivity (Wildman–Crippen MR) is 81.9 cm³/mol. The number of rotatable bonds is 7. The molecule has 0 heterocycles. The van der Waals surface area contributed by atoms with Crippen LogP contribution in [0.2, 0.25) is 0 Å². The van der Waals surface area contributed by atoms with Gasteiger partial charge in [0.2, 0.25) is 0 Å². The number of likely N-dealkylation sites (N-methyl/N-ethyl adjacent to an activating group) is 1. The first-order chi connectivity index (χ1) is 8.99. The fraction of sp³-hybridized carbons (Fsp3) is 0.625. The van der Waals surface area contributed by atoms with Crippen molar-refractivity contribution in [3.05, 3.63) is 29.3 Å². The average molecular weight is 264 g/mol. The molecule has 0 aromatic heterocycles. The van der Waals surface area contributed by atoms with Crippen LogP contribution in [0.3, 0.4) is 0 Å². The Kier molecular flexibility index (Phi) is 6.32. The van der Waals surface area contributed by atoms with E-state index in [0.717, 1.165) is 18.7 Å². The monoisotopic (exact) mass is 264 g/mol. The summed E-state index contributed by atoms with van der Waals surface area (Å²) in [6, 6.07) is 7.42. The molecule has 1 unspecified atom stereocenters. The molecule has 0 aliphatic rings. The SMILES string of the molecule is CCc1cc(C(CNC(C)C)N(C)C)ccc1OC. The second-order valence-electron chi connectivity index (χ2n) is 5.47. The van der Waals surface area contributed by atoms with Gasteiger partial charge in [-0.25, -0.2) is 0 Å². The van der Waals surface area contributed by atoms with E-state index in [9.17, 15) is 0 Å². The van der Waals surface area contributed by atoms with Gasteiger partial charge >= 0.3 is 0 Å². The number of benzene rings is 1. The van der Waals surface area contributed by atoms with Gasteiger partial charge in [0.15, 0.2) is 0 Å². The molecule has 3 nitrogen and oxygen atoms in total. The quantitative estimate of drug-likeness (QED) is 0.819. The lowest BCUT2D eigenvalue weighted by Crippen LogP contribution is -2.34. The van der Waals surface area contributed by atoms with Gasteiger partial charge in [0.05, 0.1) is 7.11 Å². The minimum Gasteiger partial charge on any atom is -0.496 e. The van der Waals surface area contributed by atoms with Crippen molar-refractivity contribution in [2.24, 2.45) is 0 Å². The van der Waals surface area contributed by atoms with E-state index in [1.165, 1.54) is 11.1 Å². The van der Waals surface area contributed by atoms with Crippen LogP contribution < -0.4 is 10.1 Å². The fourth-order valence-corrected chi connectivity index (χ4v) is 2.23. The summed E-state index contributed by atoms with van der Waals surface area (Å²) in [5.41, 5.74) is 2.62. The van der Waals surface area contributed by atoms with Crippen LogP contribution in [0.15, 0.2) is 18.2 Å². The van der Waals surface area contributed by atoms with Crippen molar-refractivity contribution in [1.29, 1.82) is 0 Å². The van der Waals surface area contributed by atoms with Gasteiger partial charge in [0.1, 0.15) is 5.75 Å². The molecular weight excluding hydrogens is 236 g/mol. The molecule has 1 aromatic carbocycles. The van der Waals surface area contributed by atoms with Gasteiger partial charge in [-0.15, -0.1) is 0 Å². The summed E-state index contributed by atoms with van der Waals surface area (Å²) in [5.74, 6) is 0.987. The zero-order valence-corrected chi connectivity index (χ0v) is 13.2. The molecule has 0 fully saturated rings. The Labute approximate surface area is 118 Å². The molecule has 0 amide bonds. The summed E-state index contributed by atoms with van der Waals surface area (Å²) in [5, 5.41) is 3.52. The van der Waals surface area contributed by atoms with Crippen LogP contribution in [-0.2, 0) is 6.42 Å². The normalized spacial score (nSPS) is 13.1. The molecule has 1 aromatic rings. The van der Waals surface area contributed by atoms with E-state index in [1.54, 1.807) is 7.11 Å². The fourth-order valence-electron chi connectivity index (χ4n) is 2.23. The standard InChI is InChI=1S/C16H28N2O/c1-7-13-10-14(8-9-16(13)19-6)15(18(4)5)11-17-12(2)3/h8-10,12,15,17H,7,11H2,1-6H3. The number of hydrogen-bond acceptors (Lipinski definition) is 3. The van der Waals surface area contributed by atoms with Gasteiger partial charge in [-0.2, -0.15) is 0 Å². The number of methoxy groups -OCH3 is 1. The zero-order chi connectivity index (χ0) is 14.4. The highest BCUT2D eigenvalue weighted by atomic mass is 16.5. The van der Waals surface area contributed by atoms with E-state index < -0.39 is 0 Å². The van der Waals surface area contributed by atoms with E-state index in [0.29, 0.717) is 12.1 Å². The molecule has 0 bridgehead atoms. The highest BCUT2D eigenvalue weighted by Crippen LogP contribution is 2.25. The molecule has 1 rings (SSSR count). The van der Waals surface area contributed by atoms with Crippen molar-refractivity contribution in [2.75, 3.05) is 27.7 Å². The van der Waals surface area contributed by atoms with Crippen molar-refractivity contribution < 1.29 is 4.74 Å². The molecule has 19 heavy (non-hydrogen) atoms. The smallest absolute Gasteiger partial charge is 0.122 e. The topological polar surface area (TPSA) is 24.5 Å². The number of aryl methyl sites for hydroxylation is 1. The summed E-state index contributed by atoms with van der Waals surface area (Å²) in [6.07, 6.45) is 0.995. The Balaban J connectivity index is 2.95. The number of ether oxygens (including phenoxy) is 1. The summed E-state index contributed by atoms with van der Waals surface area (Å²) >= 11 is 0. The molecule has 1 N–H and O–H groups in total. The van der Waals surface area contributed by atoms with Gasteiger partial charge < -0.3 is 15.0 Å². The third kappa shape index (κ3) is 4.51. The second kappa shape index (κ2) is 7.51. The summed E-state index contributed by atoms with van der Waals surface area (Å²) in [6.45, 7) is 7.48. The maximum Gasteiger partial charge on any atom is 0.122 e. The lowest BCUT2D eigenvalue weighted by atomic mass is 10.0. The third-order valence-electron chi connectivity index (χ3n) is 3.41. The Bertz CT molecular complexity index is 388. The van der Waals surface area contributed by atoms with Gasteiger partial charge in [0.25, 0.3) is 0 Å². The van der Waals surface area contributed by atoms with Gasteiger partial charge in [0, 0.05) is 18.6 Å². The number of hydrogen-bond donors (Lipinski definition) is 1. The minimum absolute atomic E-state index is 0.388. The van der Waals surface area contributed by atoms with Gasteiger partial charge in [-0.1, -0.05) is 32.9 Å². The summed E-state index contributed by atoms with van der Waals surface area (Å²) in [4.78, 5) is 2.26. The summed E-state index contributed by atoms with van der Waals surface area (Å²) in [7, 11) is 5.99. The maximum atomic E-state index is 5.40. The van der Waals surface area contributed by atoms with Crippen LogP contribution in [-0.4, -0.2) is 38.7 Å². The summed E-state index contributed by atoms with van der Waals surface area (Å²) < 4.78 is 5.40. The van der Waals surface area contributed by atoms with E-state index in [4.69, 9.17) is 4.74 Å². The molecule has 0 aliphatic carbocycles. The molecule has 0 aliphatic heterocycles. The molecule has 0 spiro atoms. The van der Waals surface area contributed by atoms with E-state index in [1.807, 2.05) is 0 Å². The van der Waals surface area contributed by atoms with Crippen molar-refractivity contribution in [1.82, 2.24) is 10.2 Å². The second-order valence-corrected chi connectivity index (χ2v) is 5.47. The highest BCUT2D eigenvalue weighted by Gasteiger charge is 2.15. The largest absolute Gasteiger partial charge is 0.496 e. The van der Waals surface area contributed by atoms with Gasteiger partial charge in [-0.3, -0.25) is 0 Å². The van der Waals surface area contributed by atoms with E-state index in [-0.39, 0.29) is 0 Å². The number of nitrogens with zero attached hydrogens (tertiary/aromatic N) is 1.